The maximum Gasteiger partial charge on any atom is 0.417 e. The normalized spacial score (nSPS) is 15.7. The van der Waals surface area contributed by atoms with Crippen LogP contribution in [0.15, 0.2) is 83.8 Å². The molecular formula is C40H36Cl2F3N5O8S. The van der Waals surface area contributed by atoms with Gasteiger partial charge < -0.3 is 15.4 Å². The molecule has 3 N–H and O–H groups in total. The summed E-state index contributed by atoms with van der Waals surface area (Å²) in [5.74, 6) is -2.21. The zero-order chi connectivity index (χ0) is 42.6. The van der Waals surface area contributed by atoms with Crippen molar-refractivity contribution >= 4 is 74.1 Å². The zero-order valence-corrected chi connectivity index (χ0v) is 33.5. The summed E-state index contributed by atoms with van der Waals surface area (Å²) in [6.45, 7) is 0.906. The third-order valence-corrected chi connectivity index (χ3v) is 11.6. The number of benzene rings is 4. The number of carbonyl (C=O) groups excluding carboxylic acids is 5. The van der Waals surface area contributed by atoms with E-state index in [2.05, 4.69) is 15.4 Å². The molecule has 2 aliphatic heterocycles. The number of hydrogen-bond donors (Lipinski definition) is 3. The van der Waals surface area contributed by atoms with Crippen LogP contribution in [-0.4, -0.2) is 73.9 Å². The van der Waals surface area contributed by atoms with Gasteiger partial charge >= 0.3 is 6.18 Å². The molecule has 0 spiro atoms. The van der Waals surface area contributed by atoms with Crippen molar-refractivity contribution in [3.8, 4) is 11.5 Å². The largest absolute Gasteiger partial charge is 0.455 e. The van der Waals surface area contributed by atoms with Gasteiger partial charge in [-0.05, 0) is 92.1 Å². The number of imide groups is 2. The summed E-state index contributed by atoms with van der Waals surface area (Å²) in [6.07, 6.45) is -1.74. The summed E-state index contributed by atoms with van der Waals surface area (Å²) in [5.41, 5.74) is -0.246. The number of alkyl halides is 3. The second kappa shape index (κ2) is 17.7. The minimum atomic E-state index is -4.88. The lowest BCUT2D eigenvalue weighted by molar-refractivity contribution is -0.149. The van der Waals surface area contributed by atoms with Crippen molar-refractivity contribution in [3.63, 3.8) is 0 Å². The molecule has 19 heteroatoms. The molecule has 1 saturated heterocycles. The standard InChI is InChI=1S/C40H36Cl2F3N5O8S/c1-49-34(51)18-16-32(38(49)54)50-37(53)27-7-6-8-30(35(27)39(50)55)46-19-4-2-3-5-20-47-36(52)23-9-12-25(13-10-23)58-33-17-11-24(41)21-31(33)48-59(56,57)26-14-15-29(42)28(22-26)40(43,44)45/h6-15,17,21-22,32,46,48H,2-5,16,18-20H2,1H3,(H,47,52). The second-order valence-corrected chi connectivity index (χ2v) is 16.2. The highest BCUT2D eigenvalue weighted by atomic mass is 35.5. The first-order chi connectivity index (χ1) is 28.0. The molecule has 0 aromatic heterocycles. The number of anilines is 2. The first-order valence-corrected chi connectivity index (χ1v) is 20.5. The molecule has 59 heavy (non-hydrogen) atoms. The van der Waals surface area contributed by atoms with Crippen LogP contribution >= 0.6 is 23.2 Å². The minimum absolute atomic E-state index is 0.0153. The van der Waals surface area contributed by atoms with Gasteiger partial charge in [-0.2, -0.15) is 13.2 Å². The zero-order valence-electron chi connectivity index (χ0n) is 31.2. The van der Waals surface area contributed by atoms with Crippen LogP contribution in [0.5, 0.6) is 11.5 Å². The summed E-state index contributed by atoms with van der Waals surface area (Å²) in [7, 11) is -3.21. The van der Waals surface area contributed by atoms with E-state index < -0.39 is 55.4 Å². The van der Waals surface area contributed by atoms with Crippen LogP contribution in [0.1, 0.15) is 75.2 Å². The molecule has 310 valence electrons. The van der Waals surface area contributed by atoms with Gasteiger partial charge in [0, 0.05) is 42.8 Å². The van der Waals surface area contributed by atoms with Crippen molar-refractivity contribution < 1.29 is 50.3 Å². The average molecular weight is 875 g/mol. The van der Waals surface area contributed by atoms with E-state index in [-0.39, 0.29) is 58.0 Å². The van der Waals surface area contributed by atoms with Gasteiger partial charge in [-0.1, -0.05) is 42.1 Å². The van der Waals surface area contributed by atoms with Crippen LogP contribution in [0.25, 0.3) is 0 Å². The predicted molar refractivity (Wildman–Crippen MR) is 212 cm³/mol. The number of fused-ring (bicyclic) bond motifs is 1. The Morgan fingerprint density at radius 1 is 0.864 bits per heavy atom. The molecule has 13 nitrogen and oxygen atoms in total. The van der Waals surface area contributed by atoms with Crippen molar-refractivity contribution in [3.05, 3.63) is 111 Å². The van der Waals surface area contributed by atoms with E-state index in [1.807, 2.05) is 0 Å². The lowest BCUT2D eigenvalue weighted by atomic mass is 10.0. The van der Waals surface area contributed by atoms with Crippen LogP contribution in [-0.2, 0) is 25.8 Å². The topological polar surface area (TPSA) is 171 Å². The molecule has 0 aliphatic carbocycles. The number of ether oxygens (including phenoxy) is 1. The molecular weight excluding hydrogens is 838 g/mol. The number of sulfonamides is 1. The Bertz CT molecular complexity index is 2430. The molecule has 5 amide bonds. The molecule has 1 unspecified atom stereocenters. The number of hydrogen-bond acceptors (Lipinski definition) is 9. The van der Waals surface area contributed by atoms with Gasteiger partial charge in [0.15, 0.2) is 5.75 Å². The fourth-order valence-corrected chi connectivity index (χ4v) is 8.05. The van der Waals surface area contributed by atoms with E-state index in [0.29, 0.717) is 36.8 Å². The van der Waals surface area contributed by atoms with Crippen LogP contribution in [0.3, 0.4) is 0 Å². The number of carbonyl (C=O) groups is 5. The minimum Gasteiger partial charge on any atom is -0.455 e. The van der Waals surface area contributed by atoms with E-state index in [1.54, 1.807) is 18.2 Å². The third kappa shape index (κ3) is 9.64. The Hall–Kier alpha value is -5.65. The summed E-state index contributed by atoms with van der Waals surface area (Å²) in [5, 5.41) is 5.54. The highest BCUT2D eigenvalue weighted by molar-refractivity contribution is 7.92. The number of nitrogens with one attached hydrogen (secondary N) is 3. The Kier molecular flexibility index (Phi) is 12.9. The number of nitrogens with zero attached hydrogens (tertiary/aromatic N) is 2. The smallest absolute Gasteiger partial charge is 0.417 e. The van der Waals surface area contributed by atoms with Crippen molar-refractivity contribution in [2.45, 2.75) is 55.6 Å². The quantitative estimate of drug-likeness (QED) is 0.0798. The first-order valence-electron chi connectivity index (χ1n) is 18.3. The number of unbranched alkanes of at least 4 members (excludes halogenated alkanes) is 3. The van der Waals surface area contributed by atoms with Gasteiger partial charge in [0.2, 0.25) is 5.91 Å². The van der Waals surface area contributed by atoms with Gasteiger partial charge in [0.1, 0.15) is 11.8 Å². The molecule has 0 bridgehead atoms. The molecule has 1 fully saturated rings. The Morgan fingerprint density at radius 2 is 1.58 bits per heavy atom. The van der Waals surface area contributed by atoms with Gasteiger partial charge in [0.25, 0.3) is 33.7 Å². The summed E-state index contributed by atoms with van der Waals surface area (Å²) >= 11 is 11.7. The number of amides is 5. The third-order valence-electron chi connectivity index (χ3n) is 9.67. The van der Waals surface area contributed by atoms with Crippen molar-refractivity contribution in [1.82, 2.24) is 15.1 Å². The Morgan fingerprint density at radius 3 is 2.29 bits per heavy atom. The van der Waals surface area contributed by atoms with Gasteiger partial charge in [-0.15, -0.1) is 0 Å². The van der Waals surface area contributed by atoms with Crippen molar-refractivity contribution in [2.24, 2.45) is 0 Å². The Labute approximate surface area is 346 Å². The van der Waals surface area contributed by atoms with Gasteiger partial charge in [-0.3, -0.25) is 38.5 Å². The molecule has 4 aromatic rings. The number of halogens is 5. The SMILES string of the molecule is CN1C(=O)CCC(N2C(=O)c3cccc(NCCCCCCNC(=O)c4ccc(Oc5ccc(Cl)cc5NS(=O)(=O)c5ccc(Cl)c(C(F)(F)F)c5)cc4)c3C2=O)C1=O. The lowest BCUT2D eigenvalue weighted by Gasteiger charge is -2.32. The van der Waals surface area contributed by atoms with Crippen LogP contribution in [0, 0.1) is 0 Å². The van der Waals surface area contributed by atoms with Crippen LogP contribution < -0.4 is 20.1 Å². The highest BCUT2D eigenvalue weighted by Crippen LogP contribution is 2.38. The van der Waals surface area contributed by atoms with Crippen LogP contribution in [0.2, 0.25) is 10.0 Å². The van der Waals surface area contributed by atoms with E-state index in [9.17, 15) is 45.6 Å². The number of likely N-dealkylation sites (tertiary alicyclic amines) is 1. The lowest BCUT2D eigenvalue weighted by Crippen LogP contribution is -2.54. The first kappa shape index (κ1) is 42.9. The molecule has 2 aliphatic rings. The van der Waals surface area contributed by atoms with Crippen LogP contribution in [0.4, 0.5) is 24.5 Å². The number of piperidine rings is 1. The van der Waals surface area contributed by atoms with Gasteiger partial charge in [0.05, 0.1) is 32.3 Å². The predicted octanol–water partition coefficient (Wildman–Crippen LogP) is 7.75. The van der Waals surface area contributed by atoms with E-state index >= 15 is 0 Å². The van der Waals surface area contributed by atoms with E-state index in [1.165, 1.54) is 49.5 Å². The fourth-order valence-electron chi connectivity index (χ4n) is 6.57. The fraction of sp³-hybridized carbons (Fsp3) is 0.275. The number of likely N-dealkylation sites (N-methyl/N-ethyl adjacent to an activating group) is 1. The highest BCUT2D eigenvalue weighted by Gasteiger charge is 2.47. The van der Waals surface area contributed by atoms with E-state index in [4.69, 9.17) is 27.9 Å². The summed E-state index contributed by atoms with van der Waals surface area (Å²) in [4.78, 5) is 65.2. The van der Waals surface area contributed by atoms with E-state index in [0.717, 1.165) is 41.2 Å². The molecule has 2 heterocycles. The van der Waals surface area contributed by atoms with Crippen molar-refractivity contribution in [2.75, 3.05) is 30.2 Å². The Balaban J connectivity index is 0.950. The summed E-state index contributed by atoms with van der Waals surface area (Å²) in [6, 6.07) is 16.1. The molecule has 6 rings (SSSR count). The van der Waals surface area contributed by atoms with Gasteiger partial charge in [-0.25, -0.2) is 8.42 Å². The molecule has 0 saturated carbocycles. The molecule has 4 aromatic carbocycles. The maximum atomic E-state index is 13.4. The average Bonchev–Trinajstić information content (AvgIpc) is 3.44. The summed E-state index contributed by atoms with van der Waals surface area (Å²) < 4.78 is 74.3. The molecule has 0 radical (unpaired) electrons. The van der Waals surface area contributed by atoms with Crippen molar-refractivity contribution in [1.29, 1.82) is 0 Å². The molecule has 1 atom stereocenters. The monoisotopic (exact) mass is 873 g/mol. The maximum absolute atomic E-state index is 13.4. The second-order valence-electron chi connectivity index (χ2n) is 13.7. The number of rotatable bonds is 15.